The van der Waals surface area contributed by atoms with E-state index in [9.17, 15) is 9.59 Å². The molecule has 1 amide bonds. The Hall–Kier alpha value is -1.88. The van der Waals surface area contributed by atoms with Gasteiger partial charge in [0.2, 0.25) is 0 Å². The lowest BCUT2D eigenvalue weighted by molar-refractivity contribution is -0.120. The van der Waals surface area contributed by atoms with E-state index in [0.29, 0.717) is 5.56 Å². The number of hydrogen-bond acceptors (Lipinski definition) is 4. The monoisotopic (exact) mass is 308 g/mol. The summed E-state index contributed by atoms with van der Waals surface area (Å²) < 4.78 is 5.13. The van der Waals surface area contributed by atoms with E-state index in [1.807, 2.05) is 18.2 Å². The van der Waals surface area contributed by atoms with E-state index < -0.39 is 17.9 Å². The fraction of sp³-hybridized carbons (Fsp3) is 0.400. The van der Waals surface area contributed by atoms with Gasteiger partial charge in [-0.25, -0.2) is 9.79 Å². The highest BCUT2D eigenvalue weighted by Gasteiger charge is 2.27. The molecule has 1 aromatic rings. The molecule has 5 nitrogen and oxygen atoms in total. The molecule has 1 atom stereocenters. The van der Waals surface area contributed by atoms with Crippen molar-refractivity contribution in [2.75, 3.05) is 0 Å². The number of carbonyl (C=O) groups is 2. The number of ether oxygens (including phenoxy) is 1. The summed E-state index contributed by atoms with van der Waals surface area (Å²) in [5.41, 5.74) is 0.861. The van der Waals surface area contributed by atoms with Crippen molar-refractivity contribution in [2.45, 2.75) is 39.0 Å². The highest BCUT2D eigenvalue weighted by molar-refractivity contribution is 6.70. The molecule has 0 spiro atoms. The predicted octanol–water partition coefficient (Wildman–Crippen LogP) is 2.65. The molecule has 1 aliphatic heterocycles. The molecule has 2 rings (SSSR count). The molecule has 1 aliphatic rings. The topological polar surface area (TPSA) is 67.8 Å². The van der Waals surface area contributed by atoms with Crippen LogP contribution < -0.4 is 5.32 Å². The molecule has 1 aromatic carbocycles. The molecule has 0 radical (unpaired) electrons. The van der Waals surface area contributed by atoms with Crippen LogP contribution in [0.1, 0.15) is 31.9 Å². The average Bonchev–Trinajstić information content (AvgIpc) is 2.46. The molecule has 21 heavy (non-hydrogen) atoms. The van der Waals surface area contributed by atoms with Crippen LogP contribution in [-0.2, 0) is 16.0 Å². The quantitative estimate of drug-likeness (QED) is 0.867. The molecule has 0 saturated heterocycles. The van der Waals surface area contributed by atoms with E-state index in [1.54, 1.807) is 26.8 Å². The molecular formula is C15H17ClN2O3. The third-order valence-electron chi connectivity index (χ3n) is 2.81. The van der Waals surface area contributed by atoms with Gasteiger partial charge in [0, 0.05) is 12.0 Å². The van der Waals surface area contributed by atoms with Gasteiger partial charge in [-0.2, -0.15) is 0 Å². The van der Waals surface area contributed by atoms with E-state index in [0.717, 1.165) is 5.56 Å². The van der Waals surface area contributed by atoms with Crippen LogP contribution >= 0.6 is 11.6 Å². The Morgan fingerprint density at radius 3 is 2.71 bits per heavy atom. The van der Waals surface area contributed by atoms with Gasteiger partial charge in [-0.05, 0) is 26.3 Å². The molecule has 1 unspecified atom stereocenters. The number of fused-ring (bicyclic) bond motifs is 1. The summed E-state index contributed by atoms with van der Waals surface area (Å²) in [6.45, 7) is 5.23. The number of amides is 1. The minimum Gasteiger partial charge on any atom is -0.444 e. The maximum Gasteiger partial charge on any atom is 0.409 e. The predicted molar refractivity (Wildman–Crippen MR) is 80.7 cm³/mol. The Labute approximate surface area is 128 Å². The molecule has 0 aliphatic carbocycles. The zero-order valence-corrected chi connectivity index (χ0v) is 12.9. The van der Waals surface area contributed by atoms with Crippen molar-refractivity contribution in [2.24, 2.45) is 4.99 Å². The van der Waals surface area contributed by atoms with Crippen molar-refractivity contribution >= 4 is 28.6 Å². The number of halogens is 1. The molecule has 6 heteroatoms. The number of carbonyl (C=O) groups excluding carboxylic acids is 2. The number of ketones is 1. The first-order valence-electron chi connectivity index (χ1n) is 6.60. The van der Waals surface area contributed by atoms with E-state index in [2.05, 4.69) is 10.3 Å². The van der Waals surface area contributed by atoms with Crippen LogP contribution in [0.15, 0.2) is 29.3 Å². The molecule has 1 heterocycles. The lowest BCUT2D eigenvalue weighted by atomic mass is 10.0. The van der Waals surface area contributed by atoms with Gasteiger partial charge < -0.3 is 4.74 Å². The van der Waals surface area contributed by atoms with Crippen LogP contribution in [-0.4, -0.2) is 28.8 Å². The number of nitrogens with one attached hydrogen (secondary N) is 1. The Balaban J connectivity index is 2.18. The Morgan fingerprint density at radius 1 is 1.38 bits per heavy atom. The molecule has 1 N–H and O–H groups in total. The number of nitrogens with zero attached hydrogens (tertiary/aromatic N) is 1. The number of rotatable bonds is 1. The second kappa shape index (κ2) is 5.85. The molecule has 0 fully saturated rings. The first kappa shape index (κ1) is 15.5. The largest absolute Gasteiger partial charge is 0.444 e. The standard InChI is InChI=1S/C15H17ClN2O3/c1-15(2,3)21-14(20)18-13-11(19)8-9-6-4-5-7-10(9)12(16)17-13/h4-7,13H,8H2,1-3H3,(H,18,20). The van der Waals surface area contributed by atoms with E-state index in [4.69, 9.17) is 16.3 Å². The average molecular weight is 309 g/mol. The third-order valence-corrected chi connectivity index (χ3v) is 3.11. The summed E-state index contributed by atoms with van der Waals surface area (Å²) in [7, 11) is 0. The van der Waals surface area contributed by atoms with Crippen LogP contribution in [0.25, 0.3) is 0 Å². The van der Waals surface area contributed by atoms with Crippen LogP contribution in [0.2, 0.25) is 0 Å². The second-order valence-electron chi connectivity index (χ2n) is 5.77. The van der Waals surface area contributed by atoms with Crippen molar-refractivity contribution in [1.29, 1.82) is 0 Å². The summed E-state index contributed by atoms with van der Waals surface area (Å²) in [4.78, 5) is 28.0. The van der Waals surface area contributed by atoms with Gasteiger partial charge in [0.25, 0.3) is 0 Å². The zero-order valence-electron chi connectivity index (χ0n) is 12.1. The fourth-order valence-corrected chi connectivity index (χ4v) is 2.23. The summed E-state index contributed by atoms with van der Waals surface area (Å²) >= 11 is 6.13. The summed E-state index contributed by atoms with van der Waals surface area (Å²) in [6.07, 6.45) is -1.56. The minimum atomic E-state index is -1.03. The normalized spacial score (nSPS) is 18.4. The Morgan fingerprint density at radius 2 is 2.05 bits per heavy atom. The SMILES string of the molecule is CC(C)(C)OC(=O)NC1N=C(Cl)c2ccccc2CC1=O. The van der Waals surface area contributed by atoms with E-state index in [1.165, 1.54) is 0 Å². The van der Waals surface area contributed by atoms with Crippen molar-refractivity contribution < 1.29 is 14.3 Å². The lowest BCUT2D eigenvalue weighted by Crippen LogP contribution is -2.42. The second-order valence-corrected chi connectivity index (χ2v) is 6.13. The summed E-state index contributed by atoms with van der Waals surface area (Å²) in [5, 5.41) is 2.65. The number of Topliss-reactive ketones (excluding diaryl/α,β-unsaturated/α-hetero) is 1. The third kappa shape index (κ3) is 4.04. The van der Waals surface area contributed by atoms with Crippen LogP contribution in [0.3, 0.4) is 0 Å². The van der Waals surface area contributed by atoms with E-state index >= 15 is 0 Å². The van der Waals surface area contributed by atoms with Gasteiger partial charge in [-0.15, -0.1) is 0 Å². The minimum absolute atomic E-state index is 0.163. The summed E-state index contributed by atoms with van der Waals surface area (Å²) in [6, 6.07) is 7.27. The molecule has 0 saturated carbocycles. The molecular weight excluding hydrogens is 292 g/mol. The first-order chi connectivity index (χ1) is 9.76. The molecule has 0 bridgehead atoms. The van der Waals surface area contributed by atoms with Gasteiger partial charge in [0.05, 0.1) is 0 Å². The van der Waals surface area contributed by atoms with Crippen molar-refractivity contribution in [3.05, 3.63) is 35.4 Å². The maximum atomic E-state index is 12.2. The van der Waals surface area contributed by atoms with Gasteiger partial charge in [0.1, 0.15) is 10.8 Å². The Bertz CT molecular complexity index is 605. The smallest absolute Gasteiger partial charge is 0.409 e. The maximum absolute atomic E-state index is 12.2. The molecule has 112 valence electrons. The number of hydrogen-bond donors (Lipinski definition) is 1. The molecule has 0 aromatic heterocycles. The highest BCUT2D eigenvalue weighted by Crippen LogP contribution is 2.19. The van der Waals surface area contributed by atoms with Gasteiger partial charge in [0.15, 0.2) is 11.9 Å². The fourth-order valence-electron chi connectivity index (χ4n) is 1.95. The van der Waals surface area contributed by atoms with Crippen LogP contribution in [0.5, 0.6) is 0 Å². The number of benzene rings is 1. The van der Waals surface area contributed by atoms with E-state index in [-0.39, 0.29) is 17.4 Å². The van der Waals surface area contributed by atoms with Crippen LogP contribution in [0.4, 0.5) is 4.79 Å². The van der Waals surface area contributed by atoms with Crippen molar-refractivity contribution in [1.82, 2.24) is 5.32 Å². The highest BCUT2D eigenvalue weighted by atomic mass is 35.5. The van der Waals surface area contributed by atoms with Gasteiger partial charge >= 0.3 is 6.09 Å². The van der Waals surface area contributed by atoms with Crippen molar-refractivity contribution in [3.63, 3.8) is 0 Å². The zero-order chi connectivity index (χ0) is 15.6. The van der Waals surface area contributed by atoms with Crippen molar-refractivity contribution in [3.8, 4) is 0 Å². The number of alkyl carbamates (subject to hydrolysis) is 1. The lowest BCUT2D eigenvalue weighted by Gasteiger charge is -2.21. The van der Waals surface area contributed by atoms with Gasteiger partial charge in [-0.1, -0.05) is 35.9 Å². The first-order valence-corrected chi connectivity index (χ1v) is 6.98. The Kier molecular flexibility index (Phi) is 4.32. The van der Waals surface area contributed by atoms with Gasteiger partial charge in [-0.3, -0.25) is 10.1 Å². The number of aliphatic imine (C=N–C) groups is 1. The van der Waals surface area contributed by atoms with Crippen LogP contribution in [0, 0.1) is 0 Å². The summed E-state index contributed by atoms with van der Waals surface area (Å²) in [5.74, 6) is -0.232.